The summed E-state index contributed by atoms with van der Waals surface area (Å²) in [6.07, 6.45) is -0.358. The summed E-state index contributed by atoms with van der Waals surface area (Å²) in [6, 6.07) is 12.6. The Labute approximate surface area is 178 Å². The molecule has 0 aromatic heterocycles. The van der Waals surface area contributed by atoms with Crippen molar-refractivity contribution < 1.29 is 22.7 Å². The summed E-state index contributed by atoms with van der Waals surface area (Å²) in [5.74, 6) is -0.902. The fourth-order valence-corrected chi connectivity index (χ4v) is 4.68. The fourth-order valence-electron chi connectivity index (χ4n) is 2.41. The number of nitrogens with one attached hydrogen (secondary N) is 1. The quantitative estimate of drug-likeness (QED) is 0.450. The van der Waals surface area contributed by atoms with Crippen LogP contribution in [-0.4, -0.2) is 32.9 Å². The highest BCUT2D eigenvalue weighted by Gasteiger charge is 2.29. The average molecular weight is 516 g/mol. The Kier molecular flexibility index (Phi) is 7.41. The van der Waals surface area contributed by atoms with Gasteiger partial charge in [-0.1, -0.05) is 12.1 Å². The number of carbonyl (C=O) groups excluding carboxylic acids is 2. The first-order valence-corrected chi connectivity index (χ1v) is 11.0. The molecule has 0 aliphatic heterocycles. The largest absolute Gasteiger partial charge is 0.462 e. The van der Waals surface area contributed by atoms with E-state index in [4.69, 9.17) is 4.74 Å². The third-order valence-electron chi connectivity index (χ3n) is 3.52. The summed E-state index contributed by atoms with van der Waals surface area (Å²) in [5, 5.41) is 2.58. The Morgan fingerprint density at radius 2 is 1.71 bits per heavy atom. The van der Waals surface area contributed by atoms with Crippen LogP contribution in [0, 0.1) is 3.57 Å². The molecule has 0 aliphatic rings. The third kappa shape index (κ3) is 5.68. The van der Waals surface area contributed by atoms with Crippen LogP contribution in [0.25, 0.3) is 0 Å². The van der Waals surface area contributed by atoms with Gasteiger partial charge in [-0.3, -0.25) is 13.9 Å². The molecule has 2 rings (SSSR count). The molecule has 7 nitrogen and oxygen atoms in total. The van der Waals surface area contributed by atoms with Crippen molar-refractivity contribution in [3.05, 3.63) is 52.1 Å². The second-order valence-electron chi connectivity index (χ2n) is 6.21. The molecule has 1 amide bonds. The van der Waals surface area contributed by atoms with Crippen LogP contribution in [0.15, 0.2) is 53.4 Å². The van der Waals surface area contributed by atoms with Crippen molar-refractivity contribution >= 4 is 55.9 Å². The van der Waals surface area contributed by atoms with Gasteiger partial charge in [-0.15, -0.1) is 0 Å². The van der Waals surface area contributed by atoms with Gasteiger partial charge in [-0.05, 0) is 72.8 Å². The van der Waals surface area contributed by atoms with E-state index in [-0.39, 0.29) is 16.9 Å². The molecule has 0 heterocycles. The van der Waals surface area contributed by atoms with Gasteiger partial charge in [-0.25, -0.2) is 8.42 Å². The number of para-hydroxylation sites is 1. The van der Waals surface area contributed by atoms with Crippen molar-refractivity contribution in [1.29, 1.82) is 0 Å². The molecule has 1 N–H and O–H groups in total. The maximum absolute atomic E-state index is 13.3. The van der Waals surface area contributed by atoms with Crippen molar-refractivity contribution in [2.45, 2.75) is 31.8 Å². The van der Waals surface area contributed by atoms with E-state index in [0.29, 0.717) is 14.9 Å². The number of benzene rings is 2. The van der Waals surface area contributed by atoms with Crippen molar-refractivity contribution in [1.82, 2.24) is 0 Å². The zero-order valence-electron chi connectivity index (χ0n) is 15.7. The van der Waals surface area contributed by atoms with E-state index in [1.807, 2.05) is 22.6 Å². The molecule has 0 saturated heterocycles. The Morgan fingerprint density at radius 3 is 2.25 bits per heavy atom. The molecule has 2 aromatic carbocycles. The number of carbonyl (C=O) groups is 2. The third-order valence-corrected chi connectivity index (χ3v) is 6.21. The highest BCUT2D eigenvalue weighted by molar-refractivity contribution is 14.1. The monoisotopic (exact) mass is 516 g/mol. The molecule has 0 saturated carbocycles. The van der Waals surface area contributed by atoms with Crippen molar-refractivity contribution in [2.24, 2.45) is 0 Å². The van der Waals surface area contributed by atoms with E-state index in [2.05, 4.69) is 5.32 Å². The SMILES string of the molecule is CC(=O)Nc1ccc(S(=O)(=O)N(CC(=O)OC(C)C)c2ccccc2I)cc1. The summed E-state index contributed by atoms with van der Waals surface area (Å²) in [7, 11) is -4.04. The van der Waals surface area contributed by atoms with Crippen LogP contribution in [0.2, 0.25) is 0 Å². The summed E-state index contributed by atoms with van der Waals surface area (Å²) in [5.41, 5.74) is 0.862. The first kappa shape index (κ1) is 22.2. The molecule has 0 unspecified atom stereocenters. The average Bonchev–Trinajstić information content (AvgIpc) is 2.59. The lowest BCUT2D eigenvalue weighted by atomic mass is 10.3. The lowest BCUT2D eigenvalue weighted by Crippen LogP contribution is -2.37. The van der Waals surface area contributed by atoms with Crippen molar-refractivity contribution in [3.63, 3.8) is 0 Å². The normalized spacial score (nSPS) is 11.2. The van der Waals surface area contributed by atoms with Gasteiger partial charge in [0.25, 0.3) is 10.0 Å². The predicted octanol–water partition coefficient (Wildman–Crippen LogP) is 3.40. The highest BCUT2D eigenvalue weighted by Crippen LogP contribution is 2.28. The molecule has 0 radical (unpaired) electrons. The zero-order chi connectivity index (χ0) is 20.9. The van der Waals surface area contributed by atoms with E-state index in [1.54, 1.807) is 38.1 Å². The molecular weight excluding hydrogens is 495 g/mol. The van der Waals surface area contributed by atoms with Crippen LogP contribution in [0.4, 0.5) is 11.4 Å². The number of nitrogens with zero attached hydrogens (tertiary/aromatic N) is 1. The van der Waals surface area contributed by atoms with Gasteiger partial charge in [0, 0.05) is 16.2 Å². The summed E-state index contributed by atoms with van der Waals surface area (Å²) < 4.78 is 33.4. The van der Waals surface area contributed by atoms with Crippen LogP contribution in [0.3, 0.4) is 0 Å². The molecule has 28 heavy (non-hydrogen) atoms. The van der Waals surface area contributed by atoms with Gasteiger partial charge in [0.15, 0.2) is 0 Å². The van der Waals surface area contributed by atoms with Crippen LogP contribution in [-0.2, 0) is 24.3 Å². The molecule has 0 fully saturated rings. The summed E-state index contributed by atoms with van der Waals surface area (Å²) in [4.78, 5) is 23.4. The van der Waals surface area contributed by atoms with Crippen LogP contribution in [0.5, 0.6) is 0 Å². The Morgan fingerprint density at radius 1 is 1.11 bits per heavy atom. The molecule has 2 aromatic rings. The molecular formula is C19H21IN2O5S. The van der Waals surface area contributed by atoms with Crippen LogP contribution >= 0.6 is 22.6 Å². The first-order chi connectivity index (χ1) is 13.1. The van der Waals surface area contributed by atoms with Crippen molar-refractivity contribution in [3.8, 4) is 0 Å². The van der Waals surface area contributed by atoms with Gasteiger partial charge in [-0.2, -0.15) is 0 Å². The van der Waals surface area contributed by atoms with Crippen molar-refractivity contribution in [2.75, 3.05) is 16.2 Å². The Balaban J connectivity index is 2.44. The molecule has 0 bridgehead atoms. The molecule has 0 spiro atoms. The van der Waals surface area contributed by atoms with Gasteiger partial charge in [0.1, 0.15) is 6.54 Å². The summed E-state index contributed by atoms with van der Waals surface area (Å²) in [6.45, 7) is 4.31. The topological polar surface area (TPSA) is 92.8 Å². The molecule has 9 heteroatoms. The zero-order valence-corrected chi connectivity index (χ0v) is 18.7. The highest BCUT2D eigenvalue weighted by atomic mass is 127. The lowest BCUT2D eigenvalue weighted by molar-refractivity contribution is -0.145. The number of sulfonamides is 1. The van der Waals surface area contributed by atoms with Gasteiger partial charge in [0.2, 0.25) is 5.91 Å². The number of hydrogen-bond donors (Lipinski definition) is 1. The van der Waals surface area contributed by atoms with E-state index < -0.39 is 22.5 Å². The number of esters is 1. The minimum Gasteiger partial charge on any atom is -0.462 e. The molecule has 0 atom stereocenters. The second-order valence-corrected chi connectivity index (χ2v) is 9.23. The number of rotatable bonds is 7. The number of halogens is 1. The maximum Gasteiger partial charge on any atom is 0.327 e. The van der Waals surface area contributed by atoms with E-state index in [0.717, 1.165) is 4.31 Å². The molecule has 150 valence electrons. The van der Waals surface area contributed by atoms with E-state index >= 15 is 0 Å². The minimum absolute atomic E-state index is 0.00129. The van der Waals surface area contributed by atoms with Gasteiger partial charge < -0.3 is 10.1 Å². The number of hydrogen-bond acceptors (Lipinski definition) is 5. The second kappa shape index (κ2) is 9.37. The standard InChI is InChI=1S/C19H21IN2O5S/c1-13(2)27-19(24)12-22(18-7-5-4-6-17(18)20)28(25,26)16-10-8-15(9-11-16)21-14(3)23/h4-11,13H,12H2,1-3H3,(H,21,23). The lowest BCUT2D eigenvalue weighted by Gasteiger charge is -2.25. The minimum atomic E-state index is -4.04. The van der Waals surface area contributed by atoms with Gasteiger partial charge >= 0.3 is 5.97 Å². The fraction of sp³-hybridized carbons (Fsp3) is 0.263. The number of anilines is 2. The summed E-state index contributed by atoms with van der Waals surface area (Å²) >= 11 is 2.02. The number of amides is 1. The Hall–Kier alpha value is -2.14. The van der Waals surface area contributed by atoms with Crippen LogP contribution < -0.4 is 9.62 Å². The molecule has 0 aliphatic carbocycles. The van der Waals surface area contributed by atoms with Crippen LogP contribution in [0.1, 0.15) is 20.8 Å². The van der Waals surface area contributed by atoms with E-state index in [9.17, 15) is 18.0 Å². The predicted molar refractivity (Wildman–Crippen MR) is 116 cm³/mol. The smallest absolute Gasteiger partial charge is 0.327 e. The maximum atomic E-state index is 13.3. The Bertz CT molecular complexity index is 959. The van der Waals surface area contributed by atoms with Gasteiger partial charge in [0.05, 0.1) is 16.7 Å². The first-order valence-electron chi connectivity index (χ1n) is 8.45. The van der Waals surface area contributed by atoms with E-state index in [1.165, 1.54) is 31.2 Å². The number of ether oxygens (including phenoxy) is 1.